The molecule has 1 N–H and O–H groups in total. The molecule has 1 unspecified atom stereocenters. The lowest BCUT2D eigenvalue weighted by Gasteiger charge is -2.14. The standard InChI is InChI=1S/C12H17F2NO/c1-9(4-3-7-15-2)16-10-5-6-11(13)12(14)8-10/h5-6,8-9,15H,3-4,7H2,1-2H3. The fraction of sp³-hybridized carbons (Fsp3) is 0.500. The van der Waals surface area contributed by atoms with E-state index in [-0.39, 0.29) is 6.10 Å². The molecule has 1 rings (SSSR count). The van der Waals surface area contributed by atoms with Crippen molar-refractivity contribution < 1.29 is 13.5 Å². The van der Waals surface area contributed by atoms with Crippen LogP contribution in [0.15, 0.2) is 18.2 Å². The number of rotatable bonds is 6. The Kier molecular flexibility index (Phi) is 5.19. The second kappa shape index (κ2) is 6.43. The van der Waals surface area contributed by atoms with Gasteiger partial charge in [-0.1, -0.05) is 0 Å². The van der Waals surface area contributed by atoms with Crippen LogP contribution in [0.4, 0.5) is 8.78 Å². The smallest absolute Gasteiger partial charge is 0.162 e. The second-order valence-electron chi connectivity index (χ2n) is 3.75. The predicted molar refractivity (Wildman–Crippen MR) is 59.6 cm³/mol. The minimum Gasteiger partial charge on any atom is -0.491 e. The number of nitrogens with one attached hydrogen (secondary N) is 1. The van der Waals surface area contributed by atoms with E-state index in [1.807, 2.05) is 14.0 Å². The minimum absolute atomic E-state index is 0.00166. The molecule has 0 spiro atoms. The lowest BCUT2D eigenvalue weighted by molar-refractivity contribution is 0.206. The van der Waals surface area contributed by atoms with E-state index < -0.39 is 11.6 Å². The summed E-state index contributed by atoms with van der Waals surface area (Å²) in [5.74, 6) is -1.36. The van der Waals surface area contributed by atoms with E-state index in [0.717, 1.165) is 31.5 Å². The Morgan fingerprint density at radius 2 is 2.06 bits per heavy atom. The summed E-state index contributed by atoms with van der Waals surface area (Å²) in [5.41, 5.74) is 0. The van der Waals surface area contributed by atoms with E-state index in [2.05, 4.69) is 5.32 Å². The number of halogens is 2. The molecule has 2 nitrogen and oxygen atoms in total. The van der Waals surface area contributed by atoms with Crippen LogP contribution in [0, 0.1) is 11.6 Å². The van der Waals surface area contributed by atoms with Crippen LogP contribution in [0.5, 0.6) is 5.75 Å². The molecule has 0 saturated carbocycles. The topological polar surface area (TPSA) is 21.3 Å². The van der Waals surface area contributed by atoms with Gasteiger partial charge in [-0.2, -0.15) is 0 Å². The molecule has 0 aliphatic carbocycles. The first kappa shape index (κ1) is 12.9. The third-order valence-corrected chi connectivity index (χ3v) is 2.27. The van der Waals surface area contributed by atoms with Crippen molar-refractivity contribution >= 4 is 0 Å². The molecule has 0 aliphatic rings. The summed E-state index contributed by atoms with van der Waals surface area (Å²) in [6.45, 7) is 2.84. The van der Waals surface area contributed by atoms with Crippen molar-refractivity contribution in [3.63, 3.8) is 0 Å². The van der Waals surface area contributed by atoms with Crippen LogP contribution in [-0.4, -0.2) is 19.7 Å². The van der Waals surface area contributed by atoms with Gasteiger partial charge in [-0.15, -0.1) is 0 Å². The van der Waals surface area contributed by atoms with E-state index in [4.69, 9.17) is 4.74 Å². The zero-order valence-electron chi connectivity index (χ0n) is 9.59. The van der Waals surface area contributed by atoms with Crippen LogP contribution in [0.1, 0.15) is 19.8 Å². The van der Waals surface area contributed by atoms with Crippen LogP contribution >= 0.6 is 0 Å². The van der Waals surface area contributed by atoms with E-state index >= 15 is 0 Å². The normalized spacial score (nSPS) is 12.5. The van der Waals surface area contributed by atoms with Crippen molar-refractivity contribution in [1.82, 2.24) is 5.32 Å². The van der Waals surface area contributed by atoms with Gasteiger partial charge in [0.1, 0.15) is 5.75 Å². The van der Waals surface area contributed by atoms with Crippen LogP contribution in [0.25, 0.3) is 0 Å². The highest BCUT2D eigenvalue weighted by Crippen LogP contribution is 2.17. The second-order valence-corrected chi connectivity index (χ2v) is 3.75. The molecule has 1 aromatic carbocycles. The Morgan fingerprint density at radius 1 is 1.31 bits per heavy atom. The summed E-state index contributed by atoms with van der Waals surface area (Å²) in [4.78, 5) is 0. The third-order valence-electron chi connectivity index (χ3n) is 2.27. The summed E-state index contributed by atoms with van der Waals surface area (Å²) in [6, 6.07) is 3.59. The maximum atomic E-state index is 12.9. The molecule has 0 fully saturated rings. The van der Waals surface area contributed by atoms with Gasteiger partial charge in [0.05, 0.1) is 6.10 Å². The van der Waals surface area contributed by atoms with Gasteiger partial charge in [0.2, 0.25) is 0 Å². The number of hydrogen-bond acceptors (Lipinski definition) is 2. The fourth-order valence-electron chi connectivity index (χ4n) is 1.41. The molecule has 0 aromatic heterocycles. The average molecular weight is 229 g/mol. The Hall–Kier alpha value is -1.16. The van der Waals surface area contributed by atoms with Gasteiger partial charge >= 0.3 is 0 Å². The van der Waals surface area contributed by atoms with Gasteiger partial charge < -0.3 is 10.1 Å². The molecule has 0 bridgehead atoms. The summed E-state index contributed by atoms with van der Waals surface area (Å²) >= 11 is 0. The average Bonchev–Trinajstić information content (AvgIpc) is 2.24. The molecule has 0 saturated heterocycles. The molecule has 0 amide bonds. The van der Waals surface area contributed by atoms with Crippen molar-refractivity contribution in [2.75, 3.05) is 13.6 Å². The molecule has 0 heterocycles. The maximum absolute atomic E-state index is 12.9. The summed E-state index contributed by atoms with van der Waals surface area (Å²) < 4.78 is 31.0. The van der Waals surface area contributed by atoms with Crippen LogP contribution in [0.3, 0.4) is 0 Å². The fourth-order valence-corrected chi connectivity index (χ4v) is 1.41. The first-order chi connectivity index (χ1) is 7.63. The summed E-state index contributed by atoms with van der Waals surface area (Å²) in [6.07, 6.45) is 1.86. The van der Waals surface area contributed by atoms with Crippen LogP contribution in [0.2, 0.25) is 0 Å². The van der Waals surface area contributed by atoms with Crippen molar-refractivity contribution in [3.05, 3.63) is 29.8 Å². The summed E-state index contributed by atoms with van der Waals surface area (Å²) in [5, 5.41) is 3.04. The molecular weight excluding hydrogens is 212 g/mol. The zero-order valence-corrected chi connectivity index (χ0v) is 9.59. The molecular formula is C12H17F2NO. The minimum atomic E-state index is -0.875. The SMILES string of the molecule is CNCCCC(C)Oc1ccc(F)c(F)c1. The van der Waals surface area contributed by atoms with Crippen molar-refractivity contribution in [1.29, 1.82) is 0 Å². The lowest BCUT2D eigenvalue weighted by Crippen LogP contribution is -2.15. The molecule has 1 atom stereocenters. The molecule has 90 valence electrons. The monoisotopic (exact) mass is 229 g/mol. The molecule has 1 aromatic rings. The largest absolute Gasteiger partial charge is 0.491 e. The lowest BCUT2D eigenvalue weighted by atomic mass is 10.2. The van der Waals surface area contributed by atoms with E-state index in [1.54, 1.807) is 0 Å². The highest BCUT2D eigenvalue weighted by atomic mass is 19.2. The molecule has 0 radical (unpaired) electrons. The van der Waals surface area contributed by atoms with E-state index in [0.29, 0.717) is 5.75 Å². The third kappa shape index (κ3) is 4.14. The first-order valence-electron chi connectivity index (χ1n) is 5.39. The highest BCUT2D eigenvalue weighted by molar-refractivity contribution is 5.23. The van der Waals surface area contributed by atoms with E-state index in [9.17, 15) is 8.78 Å². The Bertz CT molecular complexity index is 331. The summed E-state index contributed by atoms with van der Waals surface area (Å²) in [7, 11) is 1.89. The highest BCUT2D eigenvalue weighted by Gasteiger charge is 2.07. The zero-order chi connectivity index (χ0) is 12.0. The predicted octanol–water partition coefficient (Wildman–Crippen LogP) is 2.73. The number of ether oxygens (including phenoxy) is 1. The van der Waals surface area contributed by atoms with Crippen molar-refractivity contribution in [2.24, 2.45) is 0 Å². The Balaban J connectivity index is 2.43. The van der Waals surface area contributed by atoms with Crippen LogP contribution < -0.4 is 10.1 Å². The number of hydrogen-bond donors (Lipinski definition) is 1. The molecule has 0 aliphatic heterocycles. The first-order valence-corrected chi connectivity index (χ1v) is 5.39. The number of benzene rings is 1. The van der Waals surface area contributed by atoms with Gasteiger partial charge in [0.15, 0.2) is 11.6 Å². The van der Waals surface area contributed by atoms with Crippen molar-refractivity contribution in [2.45, 2.75) is 25.9 Å². The maximum Gasteiger partial charge on any atom is 0.162 e. The van der Waals surface area contributed by atoms with Gasteiger partial charge in [-0.05, 0) is 45.5 Å². The Morgan fingerprint density at radius 3 is 2.69 bits per heavy atom. The quantitative estimate of drug-likeness (QED) is 0.757. The molecule has 16 heavy (non-hydrogen) atoms. The van der Waals surface area contributed by atoms with Gasteiger partial charge in [-0.3, -0.25) is 0 Å². The van der Waals surface area contributed by atoms with Gasteiger partial charge in [0, 0.05) is 6.07 Å². The van der Waals surface area contributed by atoms with Gasteiger partial charge in [-0.25, -0.2) is 8.78 Å². The Labute approximate surface area is 94.6 Å². The van der Waals surface area contributed by atoms with Gasteiger partial charge in [0.25, 0.3) is 0 Å². The van der Waals surface area contributed by atoms with E-state index in [1.165, 1.54) is 6.07 Å². The van der Waals surface area contributed by atoms with Crippen LogP contribution in [-0.2, 0) is 0 Å². The molecule has 4 heteroatoms. The van der Waals surface area contributed by atoms with Crippen molar-refractivity contribution in [3.8, 4) is 5.75 Å².